The van der Waals surface area contributed by atoms with Gasteiger partial charge >= 0.3 is 0 Å². The van der Waals surface area contributed by atoms with Gasteiger partial charge in [0.2, 0.25) is 0 Å². The van der Waals surface area contributed by atoms with Crippen molar-refractivity contribution < 1.29 is 14.9 Å². The van der Waals surface area contributed by atoms with Crippen molar-refractivity contribution in [1.29, 1.82) is 0 Å². The van der Waals surface area contributed by atoms with E-state index in [1.54, 1.807) is 0 Å². The van der Waals surface area contributed by atoms with E-state index in [0.29, 0.717) is 24.3 Å². The SMILES string of the molecule is [2H]C1=C(c2c(C=O)ccc(F)c2F)C(C)(C)CCC1. The molecule has 1 nitrogen and oxygen atoms in total. The topological polar surface area (TPSA) is 17.1 Å². The molecule has 3 heteroatoms. The van der Waals surface area contributed by atoms with Crippen LogP contribution < -0.4 is 0 Å². The maximum atomic E-state index is 14.1. The van der Waals surface area contributed by atoms with Gasteiger partial charge in [0.1, 0.15) is 0 Å². The lowest BCUT2D eigenvalue weighted by atomic mass is 9.72. The third-order valence-corrected chi connectivity index (χ3v) is 3.46. The van der Waals surface area contributed by atoms with Crippen LogP contribution in [0.1, 0.15) is 50.4 Å². The van der Waals surface area contributed by atoms with Gasteiger partial charge in [0.05, 0.1) is 1.37 Å². The molecule has 1 aromatic rings. The van der Waals surface area contributed by atoms with Gasteiger partial charge < -0.3 is 0 Å². The average molecular weight is 251 g/mol. The Morgan fingerprint density at radius 2 is 2.11 bits per heavy atom. The second-order valence-corrected chi connectivity index (χ2v) is 5.23. The fraction of sp³-hybridized carbons (Fsp3) is 0.400. The highest BCUT2D eigenvalue weighted by Gasteiger charge is 2.30. The molecule has 0 amide bonds. The van der Waals surface area contributed by atoms with Crippen LogP contribution in [0.2, 0.25) is 0 Å². The van der Waals surface area contributed by atoms with Crippen LogP contribution in [0.4, 0.5) is 8.78 Å². The molecule has 1 aliphatic carbocycles. The summed E-state index contributed by atoms with van der Waals surface area (Å²) in [5.41, 5.74) is 0.0954. The Morgan fingerprint density at radius 3 is 2.72 bits per heavy atom. The van der Waals surface area contributed by atoms with E-state index in [2.05, 4.69) is 0 Å². The Kier molecular flexibility index (Phi) is 2.98. The van der Waals surface area contributed by atoms with Gasteiger partial charge in [-0.05, 0) is 42.4 Å². The smallest absolute Gasteiger partial charge is 0.167 e. The Hall–Kier alpha value is -1.51. The van der Waals surface area contributed by atoms with Crippen molar-refractivity contribution in [1.82, 2.24) is 0 Å². The summed E-state index contributed by atoms with van der Waals surface area (Å²) in [6, 6.07) is 2.51. The largest absolute Gasteiger partial charge is 0.298 e. The van der Waals surface area contributed by atoms with Crippen LogP contribution in [0.25, 0.3) is 5.57 Å². The minimum Gasteiger partial charge on any atom is -0.298 e. The molecule has 0 atom stereocenters. The molecule has 18 heavy (non-hydrogen) atoms. The van der Waals surface area contributed by atoms with E-state index >= 15 is 0 Å². The minimum atomic E-state index is -1.03. The summed E-state index contributed by atoms with van der Waals surface area (Å²) in [6.45, 7) is 3.80. The van der Waals surface area contributed by atoms with Gasteiger partial charge in [0.15, 0.2) is 17.9 Å². The van der Waals surface area contributed by atoms with Crippen molar-refractivity contribution in [3.63, 3.8) is 0 Å². The fourth-order valence-corrected chi connectivity index (χ4v) is 2.45. The van der Waals surface area contributed by atoms with Gasteiger partial charge in [0.25, 0.3) is 0 Å². The first kappa shape index (κ1) is 11.6. The number of carbonyl (C=O) groups is 1. The fourth-order valence-electron chi connectivity index (χ4n) is 2.45. The zero-order valence-corrected chi connectivity index (χ0v) is 10.5. The second kappa shape index (κ2) is 4.63. The summed E-state index contributed by atoms with van der Waals surface area (Å²) in [7, 11) is 0. The molecule has 0 radical (unpaired) electrons. The zero-order valence-electron chi connectivity index (χ0n) is 11.5. The summed E-state index contributed by atoms with van der Waals surface area (Å²) < 4.78 is 35.6. The quantitative estimate of drug-likeness (QED) is 0.713. The normalized spacial score (nSPS) is 19.7. The van der Waals surface area contributed by atoms with Gasteiger partial charge in [-0.1, -0.05) is 19.9 Å². The first-order valence-electron chi connectivity index (χ1n) is 6.52. The van der Waals surface area contributed by atoms with E-state index in [-0.39, 0.29) is 11.1 Å². The average Bonchev–Trinajstić information content (AvgIpc) is 2.33. The minimum absolute atomic E-state index is 0.0373. The van der Waals surface area contributed by atoms with Crippen LogP contribution >= 0.6 is 0 Å². The van der Waals surface area contributed by atoms with E-state index in [4.69, 9.17) is 1.37 Å². The van der Waals surface area contributed by atoms with E-state index in [9.17, 15) is 13.6 Å². The molecule has 0 aromatic heterocycles. The molecule has 0 N–H and O–H groups in total. The van der Waals surface area contributed by atoms with Crippen LogP contribution in [0.5, 0.6) is 0 Å². The summed E-state index contributed by atoms with van der Waals surface area (Å²) in [6.07, 6.45) is 2.69. The van der Waals surface area contributed by atoms with Crippen molar-refractivity contribution in [2.24, 2.45) is 5.41 Å². The van der Waals surface area contributed by atoms with Gasteiger partial charge in [0, 0.05) is 11.1 Å². The van der Waals surface area contributed by atoms with Crippen molar-refractivity contribution >= 4 is 11.9 Å². The predicted molar refractivity (Wildman–Crippen MR) is 67.4 cm³/mol. The van der Waals surface area contributed by atoms with Crippen LogP contribution in [0, 0.1) is 17.0 Å². The summed E-state index contributed by atoms with van der Waals surface area (Å²) in [5, 5.41) is 0. The summed E-state index contributed by atoms with van der Waals surface area (Å²) in [5.74, 6) is -2.01. The molecule has 0 unspecified atom stereocenters. The molecule has 0 saturated carbocycles. The van der Waals surface area contributed by atoms with Crippen LogP contribution in [0.15, 0.2) is 18.2 Å². The highest BCUT2D eigenvalue weighted by Crippen LogP contribution is 2.44. The molecule has 1 aliphatic rings. The molecule has 1 aromatic carbocycles. The number of halogens is 2. The van der Waals surface area contributed by atoms with Crippen molar-refractivity contribution in [2.75, 3.05) is 0 Å². The molecular weight excluding hydrogens is 234 g/mol. The Bertz CT molecular complexity index is 562. The number of benzene rings is 1. The molecule has 0 bridgehead atoms. The highest BCUT2D eigenvalue weighted by atomic mass is 19.2. The van der Waals surface area contributed by atoms with Gasteiger partial charge in [-0.25, -0.2) is 8.78 Å². The predicted octanol–water partition coefficient (Wildman–Crippen LogP) is 4.37. The third-order valence-electron chi connectivity index (χ3n) is 3.46. The van der Waals surface area contributed by atoms with Crippen molar-refractivity contribution in [3.05, 3.63) is 40.9 Å². The van der Waals surface area contributed by atoms with Crippen molar-refractivity contribution in [3.8, 4) is 0 Å². The second-order valence-electron chi connectivity index (χ2n) is 5.23. The number of hydrogen-bond acceptors (Lipinski definition) is 1. The summed E-state index contributed by atoms with van der Waals surface area (Å²) in [4.78, 5) is 11.1. The molecule has 96 valence electrons. The Labute approximate surface area is 107 Å². The molecule has 2 rings (SSSR count). The van der Waals surface area contributed by atoms with E-state index < -0.39 is 17.0 Å². The molecule has 0 aliphatic heterocycles. The highest BCUT2D eigenvalue weighted by molar-refractivity contribution is 5.87. The van der Waals surface area contributed by atoms with Gasteiger partial charge in [-0.15, -0.1) is 0 Å². The van der Waals surface area contributed by atoms with Gasteiger partial charge in [-0.2, -0.15) is 0 Å². The molecule has 0 heterocycles. The number of carbonyl (C=O) groups excluding carboxylic acids is 1. The number of aldehydes is 1. The molecule has 0 fully saturated rings. The monoisotopic (exact) mass is 251 g/mol. The maximum absolute atomic E-state index is 14.1. The standard InChI is InChI=1S/C15H16F2O/c1-15(2)8-4-3-5-11(15)13-10(9-18)6-7-12(16)14(13)17/h5-7,9H,3-4,8H2,1-2H3/i5D. The number of rotatable bonds is 2. The first-order chi connectivity index (χ1) is 8.88. The number of hydrogen-bond donors (Lipinski definition) is 0. The molecular formula is C15H16F2O. The molecule has 0 spiro atoms. The third kappa shape index (κ3) is 2.09. The van der Waals surface area contributed by atoms with Crippen molar-refractivity contribution in [2.45, 2.75) is 33.1 Å². The zero-order chi connectivity index (χ0) is 14.2. The first-order valence-corrected chi connectivity index (χ1v) is 6.02. The lowest BCUT2D eigenvalue weighted by Crippen LogP contribution is -2.19. The maximum Gasteiger partial charge on any atom is 0.167 e. The summed E-state index contributed by atoms with van der Waals surface area (Å²) >= 11 is 0. The molecule has 0 saturated heterocycles. The Morgan fingerprint density at radius 1 is 1.39 bits per heavy atom. The lowest BCUT2D eigenvalue weighted by molar-refractivity contribution is 0.112. The van der Waals surface area contributed by atoms with E-state index in [0.717, 1.165) is 18.9 Å². The van der Waals surface area contributed by atoms with Gasteiger partial charge in [-0.3, -0.25) is 4.79 Å². The Balaban J connectivity index is 2.76. The number of allylic oxidation sites excluding steroid dienone is 2. The lowest BCUT2D eigenvalue weighted by Gasteiger charge is -2.32. The van der Waals surface area contributed by atoms with E-state index in [1.165, 1.54) is 6.07 Å². The van der Waals surface area contributed by atoms with Crippen LogP contribution in [0.3, 0.4) is 0 Å². The van der Waals surface area contributed by atoms with Crippen LogP contribution in [-0.2, 0) is 0 Å². The van der Waals surface area contributed by atoms with E-state index in [1.807, 2.05) is 13.8 Å². The van der Waals surface area contributed by atoms with Crippen LogP contribution in [-0.4, -0.2) is 6.29 Å².